The lowest BCUT2D eigenvalue weighted by atomic mass is 10.1. The van der Waals surface area contributed by atoms with Crippen molar-refractivity contribution in [3.8, 4) is 5.75 Å². The van der Waals surface area contributed by atoms with Gasteiger partial charge in [0.1, 0.15) is 5.75 Å². The fourth-order valence-corrected chi connectivity index (χ4v) is 2.37. The molecule has 1 heterocycles. The summed E-state index contributed by atoms with van der Waals surface area (Å²) in [6.07, 6.45) is -0.406. The molecule has 1 atom stereocenters. The first-order valence-electron chi connectivity index (χ1n) is 5.17. The molecule has 0 radical (unpaired) electrons. The molecule has 0 aliphatic carbocycles. The number of nitrogens with zero attached hydrogens (tertiary/aromatic N) is 1. The van der Waals surface area contributed by atoms with Gasteiger partial charge in [0.05, 0.1) is 5.69 Å². The van der Waals surface area contributed by atoms with E-state index in [1.165, 1.54) is 0 Å². The summed E-state index contributed by atoms with van der Waals surface area (Å²) in [6, 6.07) is 1.93. The van der Waals surface area contributed by atoms with Crippen LogP contribution in [0.25, 0.3) is 0 Å². The van der Waals surface area contributed by atoms with Crippen LogP contribution in [0.4, 0.5) is 5.69 Å². The number of likely N-dealkylation sites (N-methyl/N-ethyl adjacent to an activating group) is 1. The highest BCUT2D eigenvalue weighted by Crippen LogP contribution is 2.40. The molecule has 1 aromatic rings. The predicted molar refractivity (Wildman–Crippen MR) is 67.1 cm³/mol. The third kappa shape index (κ3) is 1.52. The van der Waals surface area contributed by atoms with Crippen molar-refractivity contribution in [2.45, 2.75) is 26.9 Å². The van der Waals surface area contributed by atoms with Crippen LogP contribution in [0.5, 0.6) is 5.75 Å². The number of ether oxygens (including phenoxy) is 1. The van der Waals surface area contributed by atoms with Crippen molar-refractivity contribution < 1.29 is 9.53 Å². The number of hydrogen-bond donors (Lipinski definition) is 0. The summed E-state index contributed by atoms with van der Waals surface area (Å²) in [4.78, 5) is 13.4. The average Bonchev–Trinajstić information content (AvgIpc) is 2.25. The number of benzene rings is 1. The van der Waals surface area contributed by atoms with Crippen molar-refractivity contribution in [2.24, 2.45) is 0 Å². The molecule has 0 bridgehead atoms. The molecule has 0 fully saturated rings. The van der Waals surface area contributed by atoms with Gasteiger partial charge in [-0.05, 0) is 38.0 Å². The van der Waals surface area contributed by atoms with E-state index in [1.54, 1.807) is 18.9 Å². The molecule has 0 N–H and O–H groups in total. The maximum atomic E-state index is 11.8. The Hall–Kier alpha value is -1.03. The molecule has 2 rings (SSSR count). The monoisotopic (exact) mass is 283 g/mol. The van der Waals surface area contributed by atoms with Gasteiger partial charge in [-0.2, -0.15) is 0 Å². The second-order valence-corrected chi connectivity index (χ2v) is 4.97. The second kappa shape index (κ2) is 3.77. The molecule has 4 heteroatoms. The number of carbonyl (C=O) groups is 1. The Morgan fingerprint density at radius 2 is 2.00 bits per heavy atom. The van der Waals surface area contributed by atoms with E-state index in [0.717, 1.165) is 27.0 Å². The standard InChI is InChI=1S/C12H14BrNO2/c1-6-7(2)11-10(5-9(6)13)14(4)12(15)8(3)16-11/h5,8H,1-4H3. The van der Waals surface area contributed by atoms with Crippen molar-refractivity contribution >= 4 is 27.5 Å². The third-order valence-corrected chi connectivity index (χ3v) is 3.92. The molecule has 1 aliphatic rings. The first-order chi connectivity index (χ1) is 7.43. The number of amides is 1. The third-order valence-electron chi connectivity index (χ3n) is 3.09. The van der Waals surface area contributed by atoms with E-state index in [9.17, 15) is 4.79 Å². The Bertz CT molecular complexity index is 471. The fraction of sp³-hybridized carbons (Fsp3) is 0.417. The van der Waals surface area contributed by atoms with Crippen molar-refractivity contribution in [1.82, 2.24) is 0 Å². The smallest absolute Gasteiger partial charge is 0.267 e. The molecule has 1 aromatic carbocycles. The summed E-state index contributed by atoms with van der Waals surface area (Å²) in [7, 11) is 1.78. The van der Waals surface area contributed by atoms with Gasteiger partial charge in [0.2, 0.25) is 0 Å². The molecule has 1 amide bonds. The van der Waals surface area contributed by atoms with Crippen LogP contribution in [-0.2, 0) is 4.79 Å². The van der Waals surface area contributed by atoms with Gasteiger partial charge in [-0.25, -0.2) is 0 Å². The van der Waals surface area contributed by atoms with Crippen LogP contribution in [0.2, 0.25) is 0 Å². The van der Waals surface area contributed by atoms with Crippen LogP contribution >= 0.6 is 15.9 Å². The van der Waals surface area contributed by atoms with Crippen molar-refractivity contribution in [2.75, 3.05) is 11.9 Å². The summed E-state index contributed by atoms with van der Waals surface area (Å²) in [6.45, 7) is 5.82. The topological polar surface area (TPSA) is 29.5 Å². The SMILES string of the molecule is Cc1c(Br)cc2c(c1C)OC(C)C(=O)N2C. The van der Waals surface area contributed by atoms with E-state index in [-0.39, 0.29) is 5.91 Å². The van der Waals surface area contributed by atoms with Crippen LogP contribution in [-0.4, -0.2) is 19.1 Å². The quantitative estimate of drug-likeness (QED) is 0.733. The Kier molecular flexibility index (Phi) is 2.70. The van der Waals surface area contributed by atoms with Crippen molar-refractivity contribution in [3.63, 3.8) is 0 Å². The maximum absolute atomic E-state index is 11.8. The van der Waals surface area contributed by atoms with Crippen molar-refractivity contribution in [1.29, 1.82) is 0 Å². The predicted octanol–water partition coefficient (Wildman–Crippen LogP) is 2.81. The number of fused-ring (bicyclic) bond motifs is 1. The zero-order valence-electron chi connectivity index (χ0n) is 9.80. The summed E-state index contributed by atoms with van der Waals surface area (Å²) in [5.74, 6) is 0.804. The molecule has 0 spiro atoms. The van der Waals surface area contributed by atoms with E-state index in [1.807, 2.05) is 19.9 Å². The fourth-order valence-electron chi connectivity index (χ4n) is 1.85. The Morgan fingerprint density at radius 3 is 2.62 bits per heavy atom. The molecular weight excluding hydrogens is 270 g/mol. The van der Waals surface area contributed by atoms with Crippen LogP contribution in [0.15, 0.2) is 10.5 Å². The minimum atomic E-state index is -0.406. The molecule has 0 aromatic heterocycles. The van der Waals surface area contributed by atoms with Crippen LogP contribution in [0.3, 0.4) is 0 Å². The van der Waals surface area contributed by atoms with Gasteiger partial charge in [-0.1, -0.05) is 15.9 Å². The number of carbonyl (C=O) groups excluding carboxylic acids is 1. The number of rotatable bonds is 0. The Labute approximate surface area is 104 Å². The van der Waals surface area contributed by atoms with E-state index in [4.69, 9.17) is 4.74 Å². The molecule has 0 saturated carbocycles. The lowest BCUT2D eigenvalue weighted by Crippen LogP contribution is -2.42. The number of hydrogen-bond acceptors (Lipinski definition) is 2. The highest BCUT2D eigenvalue weighted by molar-refractivity contribution is 9.10. The second-order valence-electron chi connectivity index (χ2n) is 4.11. The molecule has 16 heavy (non-hydrogen) atoms. The number of anilines is 1. The first-order valence-corrected chi connectivity index (χ1v) is 5.96. The van der Waals surface area contributed by atoms with Gasteiger partial charge < -0.3 is 9.64 Å². The highest BCUT2D eigenvalue weighted by Gasteiger charge is 2.30. The molecule has 1 unspecified atom stereocenters. The average molecular weight is 284 g/mol. The summed E-state index contributed by atoms with van der Waals surface area (Å²) in [5.41, 5.74) is 3.06. The lowest BCUT2D eigenvalue weighted by molar-refractivity contribution is -0.125. The Morgan fingerprint density at radius 1 is 1.38 bits per heavy atom. The van der Waals surface area contributed by atoms with Crippen molar-refractivity contribution in [3.05, 3.63) is 21.7 Å². The summed E-state index contributed by atoms with van der Waals surface area (Å²) < 4.78 is 6.67. The summed E-state index contributed by atoms with van der Waals surface area (Å²) >= 11 is 3.49. The van der Waals surface area contributed by atoms with Crippen LogP contribution < -0.4 is 9.64 Å². The van der Waals surface area contributed by atoms with E-state index < -0.39 is 6.10 Å². The number of halogens is 1. The minimum Gasteiger partial charge on any atom is -0.478 e. The molecule has 1 aliphatic heterocycles. The van der Waals surface area contributed by atoms with E-state index in [2.05, 4.69) is 15.9 Å². The van der Waals surface area contributed by atoms with E-state index in [0.29, 0.717) is 0 Å². The minimum absolute atomic E-state index is 0.0114. The maximum Gasteiger partial charge on any atom is 0.267 e. The van der Waals surface area contributed by atoms with Gasteiger partial charge in [0.25, 0.3) is 5.91 Å². The van der Waals surface area contributed by atoms with Gasteiger partial charge in [0.15, 0.2) is 6.10 Å². The van der Waals surface area contributed by atoms with Gasteiger partial charge in [0, 0.05) is 11.5 Å². The van der Waals surface area contributed by atoms with Crippen LogP contribution in [0, 0.1) is 13.8 Å². The zero-order valence-corrected chi connectivity index (χ0v) is 11.4. The summed E-state index contributed by atoms with van der Waals surface area (Å²) in [5, 5.41) is 0. The van der Waals surface area contributed by atoms with Crippen LogP contribution in [0.1, 0.15) is 18.1 Å². The van der Waals surface area contributed by atoms with Gasteiger partial charge >= 0.3 is 0 Å². The Balaban J connectivity index is 2.66. The first kappa shape index (κ1) is 11.5. The largest absolute Gasteiger partial charge is 0.478 e. The molecule has 86 valence electrons. The van der Waals surface area contributed by atoms with Gasteiger partial charge in [-0.15, -0.1) is 0 Å². The van der Waals surface area contributed by atoms with E-state index >= 15 is 0 Å². The molecular formula is C12H14BrNO2. The molecule has 0 saturated heterocycles. The molecule has 3 nitrogen and oxygen atoms in total. The highest BCUT2D eigenvalue weighted by atomic mass is 79.9. The normalized spacial score (nSPS) is 19.4. The lowest BCUT2D eigenvalue weighted by Gasteiger charge is -2.32. The van der Waals surface area contributed by atoms with Gasteiger partial charge in [-0.3, -0.25) is 4.79 Å². The zero-order chi connectivity index (χ0) is 12.0.